The first kappa shape index (κ1) is 11.4. The molecule has 1 aliphatic carbocycles. The van der Waals surface area contributed by atoms with Crippen LogP contribution in [0.3, 0.4) is 0 Å². The first-order chi connectivity index (χ1) is 8.23. The van der Waals surface area contributed by atoms with Crippen molar-refractivity contribution in [3.8, 4) is 5.97 Å². The summed E-state index contributed by atoms with van der Waals surface area (Å²) in [7, 11) is 0. The maximum absolute atomic E-state index is 8.94. The predicted molar refractivity (Wildman–Crippen MR) is 74.1 cm³/mol. The van der Waals surface area contributed by atoms with Gasteiger partial charge in [-0.25, -0.2) is 5.26 Å². The van der Waals surface area contributed by atoms with Gasteiger partial charge >= 0.3 is 0 Å². The highest BCUT2D eigenvalue weighted by molar-refractivity contribution is 9.10. The molecule has 3 heteroatoms. The zero-order chi connectivity index (χ0) is 11.9. The van der Waals surface area contributed by atoms with Crippen LogP contribution in [0.4, 0.5) is 0 Å². The number of hydrogen-bond donors (Lipinski definition) is 0. The van der Waals surface area contributed by atoms with Crippen molar-refractivity contribution in [3.63, 3.8) is 0 Å². The third-order valence-corrected chi connectivity index (χ3v) is 5.15. The molecule has 1 nitrogen and oxygen atoms in total. The Kier molecular flexibility index (Phi) is 2.79. The molecule has 0 radical (unpaired) electrons. The molecule has 1 aliphatic heterocycles. The Labute approximate surface area is 111 Å². The molecule has 1 saturated carbocycles. The third-order valence-electron chi connectivity index (χ3n) is 4.63. The normalized spacial score (nSPS) is 25.6. The largest absolute Gasteiger partial charge is 0.267 e. The van der Waals surface area contributed by atoms with Gasteiger partial charge in [0.15, 0.2) is 0 Å². The van der Waals surface area contributed by atoms with Gasteiger partial charge in [0.05, 0.1) is 0 Å². The average molecular weight is 288 g/mol. The molecule has 1 aromatic rings. The maximum atomic E-state index is 8.94. The molecule has 3 rings (SSSR count). The summed E-state index contributed by atoms with van der Waals surface area (Å²) in [6.45, 7) is 0.326. The van der Waals surface area contributed by atoms with E-state index in [0.29, 0.717) is 12.1 Å². The van der Waals surface area contributed by atoms with Gasteiger partial charge in [-0.05, 0) is 35.4 Å². The summed E-state index contributed by atoms with van der Waals surface area (Å²) in [5.74, 6) is 3.18. The van der Waals surface area contributed by atoms with Gasteiger partial charge in [0.25, 0.3) is 6.71 Å². The molecule has 17 heavy (non-hydrogen) atoms. The van der Waals surface area contributed by atoms with E-state index in [2.05, 4.69) is 46.2 Å². The van der Waals surface area contributed by atoms with Crippen molar-refractivity contribution >= 4 is 22.6 Å². The highest BCUT2D eigenvalue weighted by Gasteiger charge is 2.55. The van der Waals surface area contributed by atoms with Crippen LogP contribution in [0.25, 0.3) is 0 Å². The van der Waals surface area contributed by atoms with Crippen molar-refractivity contribution < 1.29 is 0 Å². The Morgan fingerprint density at radius 1 is 1.24 bits per heavy atom. The zero-order valence-electron chi connectivity index (χ0n) is 9.82. The molecule has 0 bridgehead atoms. The second-order valence-electron chi connectivity index (χ2n) is 5.57. The Balaban J connectivity index is 1.70. The van der Waals surface area contributed by atoms with Crippen LogP contribution in [0.1, 0.15) is 30.7 Å². The lowest BCUT2D eigenvalue weighted by Gasteiger charge is -2.24. The molecule has 2 fully saturated rings. The molecule has 86 valence electrons. The van der Waals surface area contributed by atoms with Gasteiger partial charge in [-0.15, -0.1) is 0 Å². The topological polar surface area (TPSA) is 23.8 Å². The summed E-state index contributed by atoms with van der Waals surface area (Å²) in [4.78, 5) is 0. The number of halogens is 1. The molecule has 1 unspecified atom stereocenters. The van der Waals surface area contributed by atoms with Crippen LogP contribution in [0.2, 0.25) is 12.6 Å². The van der Waals surface area contributed by atoms with Gasteiger partial charge in [0.2, 0.25) is 0 Å². The Bertz CT molecular complexity index is 454. The first-order valence-corrected chi connectivity index (χ1v) is 7.18. The van der Waals surface area contributed by atoms with E-state index < -0.39 is 0 Å². The van der Waals surface area contributed by atoms with Crippen LogP contribution in [0.5, 0.6) is 0 Å². The SMILES string of the molecule is N#CB1CCC2(CC1)CC2c1ccc(Br)cc1. The summed E-state index contributed by atoms with van der Waals surface area (Å²) in [6, 6.07) is 8.78. The number of hydrogen-bond acceptors (Lipinski definition) is 1. The fourth-order valence-electron chi connectivity index (χ4n) is 3.39. The van der Waals surface area contributed by atoms with Crippen molar-refractivity contribution in [1.82, 2.24) is 0 Å². The summed E-state index contributed by atoms with van der Waals surface area (Å²) in [5, 5.41) is 8.94. The predicted octanol–water partition coefficient (Wildman–Crippen LogP) is 4.27. The summed E-state index contributed by atoms with van der Waals surface area (Å²) in [5.41, 5.74) is 2.05. The third kappa shape index (κ3) is 2.04. The van der Waals surface area contributed by atoms with Crippen LogP contribution in [0, 0.1) is 16.6 Å². The maximum Gasteiger partial charge on any atom is 0.267 e. The van der Waals surface area contributed by atoms with E-state index in [1.807, 2.05) is 0 Å². The Morgan fingerprint density at radius 3 is 2.47 bits per heavy atom. The fourth-order valence-corrected chi connectivity index (χ4v) is 3.65. The molecule has 1 atom stereocenters. The second kappa shape index (κ2) is 4.17. The van der Waals surface area contributed by atoms with Gasteiger partial charge in [-0.3, -0.25) is 0 Å². The summed E-state index contributed by atoms with van der Waals surface area (Å²) < 4.78 is 1.16. The Morgan fingerprint density at radius 2 is 1.88 bits per heavy atom. The van der Waals surface area contributed by atoms with E-state index in [1.165, 1.54) is 24.8 Å². The van der Waals surface area contributed by atoms with Gasteiger partial charge in [0, 0.05) is 10.4 Å². The van der Waals surface area contributed by atoms with E-state index in [-0.39, 0.29) is 0 Å². The number of benzene rings is 1. The quantitative estimate of drug-likeness (QED) is 0.708. The van der Waals surface area contributed by atoms with E-state index in [9.17, 15) is 0 Å². The van der Waals surface area contributed by atoms with E-state index in [4.69, 9.17) is 5.26 Å². The van der Waals surface area contributed by atoms with Crippen molar-refractivity contribution in [2.24, 2.45) is 5.41 Å². The summed E-state index contributed by atoms with van der Waals surface area (Å²) >= 11 is 3.48. The van der Waals surface area contributed by atoms with Gasteiger partial charge in [-0.1, -0.05) is 53.5 Å². The van der Waals surface area contributed by atoms with E-state index >= 15 is 0 Å². The van der Waals surface area contributed by atoms with Crippen molar-refractivity contribution in [2.45, 2.75) is 37.8 Å². The molecule has 1 saturated heterocycles. The standard InChI is InChI=1S/C14H15BBrN/c16-12-3-1-11(2-4-12)13-9-14(13)5-7-15(10-17)8-6-14/h1-4,13H,5-9H2. The number of rotatable bonds is 1. The van der Waals surface area contributed by atoms with Crippen LogP contribution in [0.15, 0.2) is 28.7 Å². The van der Waals surface area contributed by atoms with Gasteiger partial charge in [0.1, 0.15) is 0 Å². The van der Waals surface area contributed by atoms with Gasteiger partial charge < -0.3 is 0 Å². The number of nitriles is 1. The smallest absolute Gasteiger partial charge is 0.213 e. The minimum Gasteiger partial charge on any atom is -0.213 e. The number of nitrogens with zero attached hydrogens (tertiary/aromatic N) is 1. The fraction of sp³-hybridized carbons (Fsp3) is 0.500. The minimum absolute atomic E-state index is 0.326. The van der Waals surface area contributed by atoms with Crippen molar-refractivity contribution in [1.29, 1.82) is 5.26 Å². The molecular weight excluding hydrogens is 273 g/mol. The molecular formula is C14H15BBrN. The summed E-state index contributed by atoms with van der Waals surface area (Å²) in [6.07, 6.45) is 6.08. The molecule has 1 aromatic carbocycles. The van der Waals surface area contributed by atoms with Crippen molar-refractivity contribution in [2.75, 3.05) is 0 Å². The van der Waals surface area contributed by atoms with Gasteiger partial charge in [-0.2, -0.15) is 0 Å². The Hall–Kier alpha value is -0.745. The van der Waals surface area contributed by atoms with E-state index in [0.717, 1.165) is 23.0 Å². The van der Waals surface area contributed by atoms with Crippen molar-refractivity contribution in [3.05, 3.63) is 34.3 Å². The molecule has 1 heterocycles. The zero-order valence-corrected chi connectivity index (χ0v) is 11.4. The molecule has 0 amide bonds. The minimum atomic E-state index is 0.326. The van der Waals surface area contributed by atoms with Crippen LogP contribution in [-0.4, -0.2) is 6.71 Å². The molecule has 0 N–H and O–H groups in total. The average Bonchev–Trinajstić information content (AvgIpc) is 3.05. The molecule has 0 aromatic heterocycles. The molecule has 2 aliphatic rings. The van der Waals surface area contributed by atoms with Crippen LogP contribution >= 0.6 is 15.9 Å². The highest BCUT2D eigenvalue weighted by Crippen LogP contribution is 2.66. The lowest BCUT2D eigenvalue weighted by molar-refractivity contribution is 0.435. The van der Waals surface area contributed by atoms with Crippen LogP contribution in [-0.2, 0) is 0 Å². The van der Waals surface area contributed by atoms with E-state index in [1.54, 1.807) is 0 Å². The second-order valence-corrected chi connectivity index (χ2v) is 6.49. The van der Waals surface area contributed by atoms with Crippen LogP contribution < -0.4 is 0 Å². The lowest BCUT2D eigenvalue weighted by Crippen LogP contribution is -2.21. The monoisotopic (exact) mass is 287 g/mol. The lowest BCUT2D eigenvalue weighted by atomic mass is 9.41. The highest BCUT2D eigenvalue weighted by atomic mass is 79.9. The molecule has 1 spiro atoms. The first-order valence-electron chi connectivity index (χ1n) is 6.39.